The third-order valence-electron chi connectivity index (χ3n) is 1.29. The molecular weight excluding hydrogens is 189 g/mol. The smallest absolute Gasteiger partial charge is 0.366 e. The van der Waals surface area contributed by atoms with Crippen molar-refractivity contribution in [2.75, 3.05) is 20.6 Å². The van der Waals surface area contributed by atoms with Crippen molar-refractivity contribution in [3.05, 3.63) is 0 Å². The zero-order valence-electron chi connectivity index (χ0n) is 6.90. The summed E-state index contributed by atoms with van der Waals surface area (Å²) in [6.07, 6.45) is -4.96. The van der Waals surface area contributed by atoms with E-state index in [1.165, 1.54) is 11.9 Å². The van der Waals surface area contributed by atoms with E-state index < -0.39 is 12.6 Å². The Morgan fingerprint density at radius 3 is 2.33 bits per heavy atom. The molecule has 0 saturated heterocycles. The van der Waals surface area contributed by atoms with E-state index in [0.717, 1.165) is 0 Å². The number of nitrogens with zero attached hydrogens (tertiary/aromatic N) is 1. The molecule has 0 atom stereocenters. The maximum absolute atomic E-state index is 11.7. The summed E-state index contributed by atoms with van der Waals surface area (Å²) in [6.45, 7) is -0.108. The van der Waals surface area contributed by atoms with Crippen LogP contribution >= 0.6 is 12.2 Å². The van der Waals surface area contributed by atoms with Crippen LogP contribution in [0.3, 0.4) is 0 Å². The Kier molecular flexibility index (Phi) is 4.30. The second-order valence-corrected chi connectivity index (χ2v) is 2.73. The highest BCUT2D eigenvalue weighted by Gasteiger charge is 2.27. The molecule has 0 fully saturated rings. The third-order valence-corrected chi connectivity index (χ3v) is 1.81. The minimum absolute atomic E-state index is 0.108. The first-order valence-electron chi connectivity index (χ1n) is 3.36. The van der Waals surface area contributed by atoms with E-state index in [0.29, 0.717) is 5.11 Å². The lowest BCUT2D eigenvalue weighted by Crippen LogP contribution is -2.36. The fourth-order valence-electron chi connectivity index (χ4n) is 0.587. The summed E-state index contributed by atoms with van der Waals surface area (Å²) in [5.74, 6) is 0. The molecule has 0 bridgehead atoms. The van der Waals surface area contributed by atoms with Gasteiger partial charge in [-0.1, -0.05) is 0 Å². The minimum atomic E-state index is -4.11. The zero-order valence-corrected chi connectivity index (χ0v) is 7.72. The van der Waals surface area contributed by atoms with Crippen LogP contribution in [-0.4, -0.2) is 36.8 Å². The van der Waals surface area contributed by atoms with Gasteiger partial charge < -0.3 is 10.2 Å². The number of hydrogen-bond donors (Lipinski definition) is 1. The van der Waals surface area contributed by atoms with Gasteiger partial charge in [0.25, 0.3) is 0 Å². The van der Waals surface area contributed by atoms with Crippen LogP contribution in [-0.2, 0) is 0 Å². The van der Waals surface area contributed by atoms with E-state index in [9.17, 15) is 13.2 Å². The molecule has 0 aliphatic heterocycles. The molecule has 0 saturated carbocycles. The summed E-state index contributed by atoms with van der Waals surface area (Å²) in [6, 6.07) is 0. The molecule has 0 aliphatic rings. The lowest BCUT2D eigenvalue weighted by Gasteiger charge is -2.19. The van der Waals surface area contributed by atoms with Crippen LogP contribution in [0.2, 0.25) is 0 Å². The van der Waals surface area contributed by atoms with E-state index in [-0.39, 0.29) is 6.54 Å². The largest absolute Gasteiger partial charge is 0.390 e. The van der Waals surface area contributed by atoms with Crippen molar-refractivity contribution < 1.29 is 13.2 Å². The minimum Gasteiger partial charge on any atom is -0.366 e. The molecule has 0 heterocycles. The Hall–Kier alpha value is -0.520. The first-order valence-corrected chi connectivity index (χ1v) is 3.77. The number of halogens is 3. The Morgan fingerprint density at radius 1 is 1.50 bits per heavy atom. The van der Waals surface area contributed by atoms with Crippen molar-refractivity contribution in [1.82, 2.24) is 10.2 Å². The standard InChI is InChI=1S/C6H11F3N2S/c1-10-5(12)11(2)4-3-6(7,8)9/h3-4H2,1-2H3,(H,10,12). The van der Waals surface area contributed by atoms with Gasteiger partial charge in [-0.15, -0.1) is 0 Å². The molecule has 0 aromatic heterocycles. The molecule has 0 aromatic carbocycles. The summed E-state index contributed by atoms with van der Waals surface area (Å²) >= 11 is 4.71. The van der Waals surface area contributed by atoms with E-state index in [1.807, 2.05) is 0 Å². The second-order valence-electron chi connectivity index (χ2n) is 2.34. The molecule has 6 heteroatoms. The molecule has 0 unspecified atom stereocenters. The van der Waals surface area contributed by atoms with Crippen molar-refractivity contribution in [3.8, 4) is 0 Å². The fraction of sp³-hybridized carbons (Fsp3) is 0.833. The number of nitrogens with one attached hydrogen (secondary N) is 1. The molecule has 72 valence electrons. The Morgan fingerprint density at radius 2 is 2.00 bits per heavy atom. The molecule has 0 aliphatic carbocycles. The van der Waals surface area contributed by atoms with Gasteiger partial charge in [0.1, 0.15) is 0 Å². The molecule has 1 N–H and O–H groups in total. The van der Waals surface area contributed by atoms with Crippen LogP contribution < -0.4 is 5.32 Å². The quantitative estimate of drug-likeness (QED) is 0.678. The maximum Gasteiger partial charge on any atom is 0.390 e. The lowest BCUT2D eigenvalue weighted by molar-refractivity contribution is -0.135. The van der Waals surface area contributed by atoms with Gasteiger partial charge in [0.05, 0.1) is 6.42 Å². The monoisotopic (exact) mass is 200 g/mol. The van der Waals surface area contributed by atoms with Crippen LogP contribution in [0.5, 0.6) is 0 Å². The summed E-state index contributed by atoms with van der Waals surface area (Å²) < 4.78 is 35.1. The van der Waals surface area contributed by atoms with Crippen molar-refractivity contribution in [2.24, 2.45) is 0 Å². The van der Waals surface area contributed by atoms with Crippen LogP contribution in [0.15, 0.2) is 0 Å². The predicted molar refractivity (Wildman–Crippen MR) is 45.0 cm³/mol. The van der Waals surface area contributed by atoms with E-state index >= 15 is 0 Å². The maximum atomic E-state index is 11.7. The molecular formula is C6H11F3N2S. The molecule has 0 spiro atoms. The zero-order chi connectivity index (χ0) is 9.78. The first-order chi connectivity index (χ1) is 5.37. The third kappa shape index (κ3) is 5.17. The van der Waals surface area contributed by atoms with Gasteiger partial charge in [0.2, 0.25) is 0 Å². The fourth-order valence-corrected chi connectivity index (χ4v) is 0.678. The Balaban J connectivity index is 3.72. The van der Waals surface area contributed by atoms with Gasteiger partial charge in [-0.05, 0) is 12.2 Å². The highest BCUT2D eigenvalue weighted by atomic mass is 32.1. The average Bonchev–Trinajstić information content (AvgIpc) is 1.97. The summed E-state index contributed by atoms with van der Waals surface area (Å²) in [4.78, 5) is 1.35. The highest BCUT2D eigenvalue weighted by molar-refractivity contribution is 7.80. The number of hydrogen-bond acceptors (Lipinski definition) is 1. The SMILES string of the molecule is CNC(=S)N(C)CCC(F)(F)F. The van der Waals surface area contributed by atoms with Gasteiger partial charge in [-0.25, -0.2) is 0 Å². The summed E-state index contributed by atoms with van der Waals surface area (Å²) in [5.41, 5.74) is 0. The lowest BCUT2D eigenvalue weighted by atomic mass is 10.4. The van der Waals surface area contributed by atoms with E-state index in [2.05, 4.69) is 5.32 Å². The van der Waals surface area contributed by atoms with Crippen LogP contribution in [0.1, 0.15) is 6.42 Å². The predicted octanol–water partition coefficient (Wildman–Crippen LogP) is 1.37. The molecule has 0 amide bonds. The van der Waals surface area contributed by atoms with Gasteiger partial charge in [0, 0.05) is 20.6 Å². The molecule has 0 aromatic rings. The summed E-state index contributed by atoms with van der Waals surface area (Å²) in [7, 11) is 3.09. The van der Waals surface area contributed by atoms with Crippen LogP contribution in [0.4, 0.5) is 13.2 Å². The normalized spacial score (nSPS) is 11.1. The highest BCUT2D eigenvalue weighted by Crippen LogP contribution is 2.19. The average molecular weight is 200 g/mol. The van der Waals surface area contributed by atoms with Gasteiger partial charge in [0.15, 0.2) is 5.11 Å². The Labute approximate surface area is 74.7 Å². The van der Waals surface area contributed by atoms with Crippen molar-refractivity contribution in [2.45, 2.75) is 12.6 Å². The first kappa shape index (κ1) is 11.5. The number of rotatable bonds is 2. The van der Waals surface area contributed by atoms with Crippen LogP contribution in [0.25, 0.3) is 0 Å². The van der Waals surface area contributed by atoms with Crippen molar-refractivity contribution in [1.29, 1.82) is 0 Å². The number of thiocarbonyl (C=S) groups is 1. The van der Waals surface area contributed by atoms with Gasteiger partial charge >= 0.3 is 6.18 Å². The van der Waals surface area contributed by atoms with E-state index in [4.69, 9.17) is 12.2 Å². The molecule has 12 heavy (non-hydrogen) atoms. The number of alkyl halides is 3. The molecule has 0 rings (SSSR count). The molecule has 0 radical (unpaired) electrons. The Bertz CT molecular complexity index is 157. The van der Waals surface area contributed by atoms with Gasteiger partial charge in [-0.2, -0.15) is 13.2 Å². The topological polar surface area (TPSA) is 15.3 Å². The van der Waals surface area contributed by atoms with Crippen molar-refractivity contribution in [3.63, 3.8) is 0 Å². The summed E-state index contributed by atoms with van der Waals surface area (Å²) in [5, 5.41) is 2.91. The van der Waals surface area contributed by atoms with Crippen molar-refractivity contribution >= 4 is 17.3 Å². The second kappa shape index (κ2) is 4.49. The van der Waals surface area contributed by atoms with E-state index in [1.54, 1.807) is 7.05 Å². The molecule has 2 nitrogen and oxygen atoms in total. The van der Waals surface area contributed by atoms with Crippen LogP contribution in [0, 0.1) is 0 Å². The van der Waals surface area contributed by atoms with Gasteiger partial charge in [-0.3, -0.25) is 0 Å².